The lowest BCUT2D eigenvalue weighted by Gasteiger charge is -2.30. The minimum absolute atomic E-state index is 0.0250. The molecule has 1 atom stereocenters. The highest BCUT2D eigenvalue weighted by atomic mass is 19.4. The standard InChI is InChI=1S/C13H14F3N3O3/c14-13(15,16)10-9(4-1-5-17-10)18-12(22)19-6-2-3-8(7-19)11(20)21/h1,4-5,8H,2-3,6-7H2,(H,18,22)(H,20,21). The number of pyridine rings is 1. The number of urea groups is 1. The number of rotatable bonds is 2. The van der Waals surface area contributed by atoms with E-state index in [2.05, 4.69) is 10.3 Å². The Hall–Kier alpha value is -2.32. The number of piperidine rings is 1. The van der Waals surface area contributed by atoms with E-state index in [0.717, 1.165) is 12.3 Å². The quantitative estimate of drug-likeness (QED) is 0.877. The summed E-state index contributed by atoms with van der Waals surface area (Å²) in [5, 5.41) is 11.1. The molecule has 9 heteroatoms. The normalized spacial score (nSPS) is 18.9. The Balaban J connectivity index is 2.11. The van der Waals surface area contributed by atoms with Gasteiger partial charge in [-0.2, -0.15) is 13.2 Å². The Morgan fingerprint density at radius 1 is 1.41 bits per heavy atom. The number of aliphatic carboxylic acids is 1. The Morgan fingerprint density at radius 3 is 2.77 bits per heavy atom. The van der Waals surface area contributed by atoms with Crippen LogP contribution in [0.3, 0.4) is 0 Å². The zero-order valence-electron chi connectivity index (χ0n) is 11.4. The number of halogens is 3. The molecule has 6 nitrogen and oxygen atoms in total. The van der Waals surface area contributed by atoms with Crippen molar-refractivity contribution in [1.82, 2.24) is 9.88 Å². The summed E-state index contributed by atoms with van der Waals surface area (Å²) >= 11 is 0. The Bertz CT molecular complexity index is 577. The van der Waals surface area contributed by atoms with Gasteiger partial charge < -0.3 is 15.3 Å². The van der Waals surface area contributed by atoms with Crippen LogP contribution in [0.25, 0.3) is 0 Å². The van der Waals surface area contributed by atoms with E-state index >= 15 is 0 Å². The molecule has 1 aliphatic rings. The van der Waals surface area contributed by atoms with E-state index in [1.54, 1.807) is 0 Å². The predicted octanol–water partition coefficient (Wildman–Crippen LogP) is 2.43. The van der Waals surface area contributed by atoms with Crippen LogP contribution in [0.15, 0.2) is 18.3 Å². The van der Waals surface area contributed by atoms with Crippen LogP contribution in [0, 0.1) is 5.92 Å². The van der Waals surface area contributed by atoms with Gasteiger partial charge in [-0.1, -0.05) is 0 Å². The van der Waals surface area contributed by atoms with Crippen LogP contribution in [-0.2, 0) is 11.0 Å². The van der Waals surface area contributed by atoms with E-state index in [1.807, 2.05) is 0 Å². The maximum atomic E-state index is 12.8. The van der Waals surface area contributed by atoms with Gasteiger partial charge in [-0.05, 0) is 25.0 Å². The molecule has 1 unspecified atom stereocenters. The fourth-order valence-electron chi connectivity index (χ4n) is 2.29. The number of nitrogens with one attached hydrogen (secondary N) is 1. The third-order valence-electron chi connectivity index (χ3n) is 3.38. The number of nitrogens with zero attached hydrogens (tertiary/aromatic N) is 2. The van der Waals surface area contributed by atoms with Gasteiger partial charge in [0.1, 0.15) is 0 Å². The SMILES string of the molecule is O=C(O)C1CCCN(C(=O)Nc2cccnc2C(F)(F)F)C1. The molecule has 1 aliphatic heterocycles. The maximum absolute atomic E-state index is 12.8. The zero-order valence-corrected chi connectivity index (χ0v) is 11.4. The lowest BCUT2D eigenvalue weighted by atomic mass is 9.99. The predicted molar refractivity (Wildman–Crippen MR) is 70.2 cm³/mol. The Kier molecular flexibility index (Phi) is 4.53. The molecule has 2 heterocycles. The van der Waals surface area contributed by atoms with Gasteiger partial charge in [-0.15, -0.1) is 0 Å². The average Bonchev–Trinajstić information content (AvgIpc) is 2.46. The third kappa shape index (κ3) is 3.66. The summed E-state index contributed by atoms with van der Waals surface area (Å²) in [5.41, 5.74) is -1.63. The summed E-state index contributed by atoms with van der Waals surface area (Å²) in [6, 6.07) is 1.62. The second-order valence-corrected chi connectivity index (χ2v) is 4.95. The molecule has 22 heavy (non-hydrogen) atoms. The molecule has 0 spiro atoms. The van der Waals surface area contributed by atoms with Crippen molar-refractivity contribution in [3.63, 3.8) is 0 Å². The van der Waals surface area contributed by atoms with Gasteiger partial charge in [0.05, 0.1) is 11.6 Å². The molecule has 2 N–H and O–H groups in total. The molecule has 0 saturated carbocycles. The largest absolute Gasteiger partial charge is 0.481 e. The lowest BCUT2D eigenvalue weighted by molar-refractivity contribution is -0.143. The number of likely N-dealkylation sites (tertiary alicyclic amines) is 1. The third-order valence-corrected chi connectivity index (χ3v) is 3.38. The molecular formula is C13H14F3N3O3. The van der Waals surface area contributed by atoms with Crippen molar-refractivity contribution in [1.29, 1.82) is 0 Å². The van der Waals surface area contributed by atoms with Crippen molar-refractivity contribution in [2.45, 2.75) is 19.0 Å². The average molecular weight is 317 g/mol. The smallest absolute Gasteiger partial charge is 0.435 e. The molecule has 120 valence electrons. The molecule has 1 fully saturated rings. The van der Waals surface area contributed by atoms with Crippen molar-refractivity contribution in [3.8, 4) is 0 Å². The molecular weight excluding hydrogens is 303 g/mol. The van der Waals surface area contributed by atoms with Crippen LogP contribution >= 0.6 is 0 Å². The number of carbonyl (C=O) groups is 2. The fraction of sp³-hybridized carbons (Fsp3) is 0.462. The first-order valence-electron chi connectivity index (χ1n) is 6.60. The second kappa shape index (κ2) is 6.20. The zero-order chi connectivity index (χ0) is 16.3. The number of carboxylic acid groups (broad SMARTS) is 1. The summed E-state index contributed by atoms with van der Waals surface area (Å²) < 4.78 is 38.4. The molecule has 1 aromatic rings. The summed E-state index contributed by atoms with van der Waals surface area (Å²) in [6.45, 7) is 0.278. The van der Waals surface area contributed by atoms with Crippen LogP contribution < -0.4 is 5.32 Å². The van der Waals surface area contributed by atoms with E-state index in [9.17, 15) is 22.8 Å². The van der Waals surface area contributed by atoms with Crippen LogP contribution in [0.2, 0.25) is 0 Å². The van der Waals surface area contributed by atoms with Crippen LogP contribution in [0.5, 0.6) is 0 Å². The number of aromatic nitrogens is 1. The van der Waals surface area contributed by atoms with Crippen molar-refractivity contribution < 1.29 is 27.9 Å². The topological polar surface area (TPSA) is 82.5 Å². The first kappa shape index (κ1) is 16.1. The molecule has 2 amide bonds. The Morgan fingerprint density at radius 2 is 2.14 bits per heavy atom. The van der Waals surface area contributed by atoms with Gasteiger partial charge >= 0.3 is 18.2 Å². The van der Waals surface area contributed by atoms with E-state index in [-0.39, 0.29) is 6.54 Å². The number of alkyl halides is 3. The highest BCUT2D eigenvalue weighted by Crippen LogP contribution is 2.33. The van der Waals surface area contributed by atoms with Gasteiger partial charge in [0, 0.05) is 19.3 Å². The monoisotopic (exact) mass is 317 g/mol. The summed E-state index contributed by atoms with van der Waals surface area (Å²) in [6.07, 6.45) is -2.77. The van der Waals surface area contributed by atoms with Gasteiger partial charge in [-0.25, -0.2) is 9.78 Å². The number of anilines is 1. The molecule has 0 aromatic carbocycles. The highest BCUT2D eigenvalue weighted by molar-refractivity contribution is 5.90. The van der Waals surface area contributed by atoms with Crippen LogP contribution in [0.1, 0.15) is 18.5 Å². The van der Waals surface area contributed by atoms with Gasteiger partial charge in [0.25, 0.3) is 0 Å². The van der Waals surface area contributed by atoms with Crippen molar-refractivity contribution in [3.05, 3.63) is 24.0 Å². The number of carbonyl (C=O) groups excluding carboxylic acids is 1. The number of carboxylic acids is 1. The summed E-state index contributed by atoms with van der Waals surface area (Å²) in [5.74, 6) is -1.72. The molecule has 1 saturated heterocycles. The molecule has 2 rings (SSSR count). The maximum Gasteiger partial charge on any atom is 0.435 e. The minimum Gasteiger partial charge on any atom is -0.481 e. The number of hydrogen-bond acceptors (Lipinski definition) is 3. The Labute approximate surface area is 123 Å². The van der Waals surface area contributed by atoms with E-state index in [1.165, 1.54) is 11.0 Å². The fourth-order valence-corrected chi connectivity index (χ4v) is 2.29. The first-order chi connectivity index (χ1) is 10.3. The number of amides is 2. The van der Waals surface area contributed by atoms with Gasteiger partial charge in [0.15, 0.2) is 5.69 Å². The number of hydrogen-bond donors (Lipinski definition) is 2. The van der Waals surface area contributed by atoms with Crippen LogP contribution in [0.4, 0.5) is 23.7 Å². The summed E-state index contributed by atoms with van der Waals surface area (Å²) in [7, 11) is 0. The molecule has 0 radical (unpaired) electrons. The lowest BCUT2D eigenvalue weighted by Crippen LogP contribution is -2.44. The first-order valence-corrected chi connectivity index (χ1v) is 6.60. The van der Waals surface area contributed by atoms with Gasteiger partial charge in [0.2, 0.25) is 0 Å². The van der Waals surface area contributed by atoms with Crippen LogP contribution in [-0.4, -0.2) is 40.1 Å². The van der Waals surface area contributed by atoms with Crippen molar-refractivity contribution >= 4 is 17.7 Å². The summed E-state index contributed by atoms with van der Waals surface area (Å²) in [4.78, 5) is 27.4. The van der Waals surface area contributed by atoms with Crippen molar-refractivity contribution in [2.24, 2.45) is 5.92 Å². The van der Waals surface area contributed by atoms with E-state index in [0.29, 0.717) is 19.4 Å². The molecule has 0 bridgehead atoms. The molecule has 0 aliphatic carbocycles. The van der Waals surface area contributed by atoms with E-state index in [4.69, 9.17) is 5.11 Å². The van der Waals surface area contributed by atoms with Crippen molar-refractivity contribution in [2.75, 3.05) is 18.4 Å². The highest BCUT2D eigenvalue weighted by Gasteiger charge is 2.36. The minimum atomic E-state index is -4.69. The van der Waals surface area contributed by atoms with Gasteiger partial charge in [-0.3, -0.25) is 4.79 Å². The van der Waals surface area contributed by atoms with E-state index < -0.39 is 35.5 Å². The molecule has 1 aromatic heterocycles. The second-order valence-electron chi connectivity index (χ2n) is 4.95.